The highest BCUT2D eigenvalue weighted by molar-refractivity contribution is 5.75. The summed E-state index contributed by atoms with van der Waals surface area (Å²) in [5.41, 5.74) is 5.04. The van der Waals surface area contributed by atoms with Crippen LogP contribution in [-0.4, -0.2) is 19.1 Å². The summed E-state index contributed by atoms with van der Waals surface area (Å²) in [4.78, 5) is 10.3. The van der Waals surface area contributed by atoms with Gasteiger partial charge in [0.05, 0.1) is 6.73 Å². The van der Waals surface area contributed by atoms with Gasteiger partial charge in [-0.2, -0.15) is 0 Å². The quantitative estimate of drug-likeness (QED) is 0.536. The predicted molar refractivity (Wildman–Crippen MR) is 57.6 cm³/mol. The zero-order valence-corrected chi connectivity index (χ0v) is 9.72. The molecule has 0 aromatic rings. The van der Waals surface area contributed by atoms with Gasteiger partial charge in [0, 0.05) is 13.0 Å². The molecule has 0 aliphatic carbocycles. The van der Waals surface area contributed by atoms with Gasteiger partial charge in [-0.25, -0.2) is 0 Å². The first kappa shape index (κ1) is 18.4. The van der Waals surface area contributed by atoms with Crippen LogP contribution < -0.4 is 5.73 Å². The van der Waals surface area contributed by atoms with Crippen molar-refractivity contribution in [3.05, 3.63) is 0 Å². The maximum atomic E-state index is 10.3. The van der Waals surface area contributed by atoms with Crippen molar-refractivity contribution in [3.63, 3.8) is 0 Å². The van der Waals surface area contributed by atoms with E-state index in [2.05, 4.69) is 0 Å². The van der Waals surface area contributed by atoms with E-state index in [9.17, 15) is 4.79 Å². The third kappa shape index (κ3) is 34.1. The van der Waals surface area contributed by atoms with Crippen molar-refractivity contribution >= 4 is 5.78 Å². The zero-order chi connectivity index (χ0) is 11.1. The number of rotatable bonds is 5. The second kappa shape index (κ2) is 22.6. The minimum Gasteiger partial charge on any atom is -0.367 e. The van der Waals surface area contributed by atoms with Crippen LogP contribution in [0.5, 0.6) is 0 Å². The van der Waals surface area contributed by atoms with Gasteiger partial charge in [0.15, 0.2) is 0 Å². The van der Waals surface area contributed by atoms with Crippen LogP contribution in [-0.2, 0) is 9.53 Å². The van der Waals surface area contributed by atoms with Gasteiger partial charge in [0.25, 0.3) is 0 Å². The Hall–Kier alpha value is -0.410. The summed E-state index contributed by atoms with van der Waals surface area (Å²) >= 11 is 0. The van der Waals surface area contributed by atoms with Crippen molar-refractivity contribution in [2.24, 2.45) is 5.73 Å². The van der Waals surface area contributed by atoms with E-state index in [1.807, 2.05) is 27.7 Å². The van der Waals surface area contributed by atoms with Gasteiger partial charge in [-0.15, -0.1) is 0 Å². The predicted octanol–water partition coefficient (Wildman–Crippen LogP) is 2.34. The molecule has 0 rings (SSSR count). The molecule has 0 amide bonds. The number of hydrogen-bond acceptors (Lipinski definition) is 3. The summed E-state index contributed by atoms with van der Waals surface area (Å²) in [6.07, 6.45) is 1.38. The summed E-state index contributed by atoms with van der Waals surface area (Å²) in [6, 6.07) is 0. The molecule has 0 aliphatic heterocycles. The van der Waals surface area contributed by atoms with E-state index in [1.165, 1.54) is 0 Å². The van der Waals surface area contributed by atoms with E-state index in [-0.39, 0.29) is 12.5 Å². The number of ether oxygens (including phenoxy) is 1. The summed E-state index contributed by atoms with van der Waals surface area (Å²) in [6.45, 7) is 10.4. The molecular weight excluding hydrogens is 166 g/mol. The van der Waals surface area contributed by atoms with Gasteiger partial charge in [0.2, 0.25) is 0 Å². The third-order valence-electron chi connectivity index (χ3n) is 0.935. The summed E-state index contributed by atoms with van der Waals surface area (Å²) in [7, 11) is 0. The second-order valence-electron chi connectivity index (χ2n) is 1.88. The van der Waals surface area contributed by atoms with Gasteiger partial charge in [-0.1, -0.05) is 27.7 Å². The average molecular weight is 191 g/mol. The lowest BCUT2D eigenvalue weighted by molar-refractivity contribution is -0.117. The van der Waals surface area contributed by atoms with Gasteiger partial charge < -0.3 is 15.3 Å². The molecule has 0 unspecified atom stereocenters. The van der Waals surface area contributed by atoms with E-state index >= 15 is 0 Å². The van der Waals surface area contributed by atoms with Crippen LogP contribution in [0.1, 0.15) is 47.5 Å². The Kier molecular flexibility index (Phi) is 31.9. The molecule has 0 fully saturated rings. The van der Waals surface area contributed by atoms with E-state index in [4.69, 9.17) is 10.5 Å². The summed E-state index contributed by atoms with van der Waals surface area (Å²) < 4.78 is 4.81. The fourth-order valence-electron chi connectivity index (χ4n) is 0.507. The van der Waals surface area contributed by atoms with Crippen LogP contribution in [0.25, 0.3) is 0 Å². The van der Waals surface area contributed by atoms with Crippen molar-refractivity contribution in [2.45, 2.75) is 47.5 Å². The Balaban J connectivity index is -0.000000218. The molecule has 13 heavy (non-hydrogen) atoms. The number of carbonyl (C=O) groups is 1. The first-order valence-corrected chi connectivity index (χ1v) is 5.04. The lowest BCUT2D eigenvalue weighted by atomic mass is 10.2. The Bertz CT molecular complexity index is 85.0. The third-order valence-corrected chi connectivity index (χ3v) is 0.935. The molecule has 0 aromatic carbocycles. The standard InChI is InChI=1S/C6H13NO2.2C2H6/c1-6(8)3-2-4-9-5-7;2*1-2/h2-5,7H2,1H3;2*1-2H3. The van der Waals surface area contributed by atoms with Gasteiger partial charge in [-0.05, 0) is 13.3 Å². The van der Waals surface area contributed by atoms with E-state index in [1.54, 1.807) is 6.92 Å². The van der Waals surface area contributed by atoms with Crippen molar-refractivity contribution < 1.29 is 9.53 Å². The molecule has 0 heterocycles. The van der Waals surface area contributed by atoms with Gasteiger partial charge in [0.1, 0.15) is 5.78 Å². The molecule has 3 heteroatoms. The average Bonchev–Trinajstić information content (AvgIpc) is 2.19. The first-order valence-electron chi connectivity index (χ1n) is 5.04. The minimum absolute atomic E-state index is 0.204. The molecule has 0 atom stereocenters. The van der Waals surface area contributed by atoms with Crippen molar-refractivity contribution in [1.82, 2.24) is 0 Å². The Morgan fingerprint density at radius 2 is 1.69 bits per heavy atom. The van der Waals surface area contributed by atoms with Crippen LogP contribution in [0.15, 0.2) is 0 Å². The Morgan fingerprint density at radius 3 is 2.00 bits per heavy atom. The fraction of sp³-hybridized carbons (Fsp3) is 0.900. The maximum absolute atomic E-state index is 10.3. The number of carbonyl (C=O) groups excluding carboxylic acids is 1. The maximum Gasteiger partial charge on any atom is 0.129 e. The van der Waals surface area contributed by atoms with E-state index in [0.717, 1.165) is 6.42 Å². The van der Waals surface area contributed by atoms with E-state index in [0.29, 0.717) is 13.0 Å². The van der Waals surface area contributed by atoms with Crippen LogP contribution in [0.3, 0.4) is 0 Å². The lowest BCUT2D eigenvalue weighted by Crippen LogP contribution is -2.06. The lowest BCUT2D eigenvalue weighted by Gasteiger charge is -1.96. The smallest absolute Gasteiger partial charge is 0.129 e. The fourth-order valence-corrected chi connectivity index (χ4v) is 0.507. The molecule has 0 saturated heterocycles. The van der Waals surface area contributed by atoms with Crippen LogP contribution in [0, 0.1) is 0 Å². The number of hydrogen-bond donors (Lipinski definition) is 1. The van der Waals surface area contributed by atoms with Crippen LogP contribution >= 0.6 is 0 Å². The van der Waals surface area contributed by atoms with Gasteiger partial charge in [-0.3, -0.25) is 0 Å². The molecule has 82 valence electrons. The molecule has 0 radical (unpaired) electrons. The zero-order valence-electron chi connectivity index (χ0n) is 9.72. The van der Waals surface area contributed by atoms with Crippen LogP contribution in [0.4, 0.5) is 0 Å². The first-order chi connectivity index (χ1) is 6.27. The molecule has 0 spiro atoms. The van der Waals surface area contributed by atoms with Crippen molar-refractivity contribution in [3.8, 4) is 0 Å². The van der Waals surface area contributed by atoms with Crippen molar-refractivity contribution in [2.75, 3.05) is 13.3 Å². The topological polar surface area (TPSA) is 52.3 Å². The Morgan fingerprint density at radius 1 is 1.23 bits per heavy atom. The molecule has 0 bridgehead atoms. The molecule has 0 saturated carbocycles. The van der Waals surface area contributed by atoms with E-state index < -0.39 is 0 Å². The highest BCUT2D eigenvalue weighted by Gasteiger charge is 1.91. The highest BCUT2D eigenvalue weighted by Crippen LogP contribution is 1.89. The normalized spacial score (nSPS) is 7.54. The number of Topliss-reactive ketones (excluding diaryl/α,β-unsaturated/α-hetero) is 1. The Labute approximate surface area is 82.7 Å². The minimum atomic E-state index is 0.204. The highest BCUT2D eigenvalue weighted by atomic mass is 16.5. The van der Waals surface area contributed by atoms with Crippen LogP contribution in [0.2, 0.25) is 0 Å². The molecule has 0 aliphatic rings. The summed E-state index contributed by atoms with van der Waals surface area (Å²) in [5, 5.41) is 0. The number of nitrogens with two attached hydrogens (primary N) is 1. The SMILES string of the molecule is CC.CC.CC(=O)CCCOCN. The number of ketones is 1. The molecule has 3 nitrogen and oxygen atoms in total. The molecule has 0 aromatic heterocycles. The molecular formula is C10H25NO2. The van der Waals surface area contributed by atoms with Gasteiger partial charge >= 0.3 is 0 Å². The largest absolute Gasteiger partial charge is 0.367 e. The second-order valence-corrected chi connectivity index (χ2v) is 1.88. The van der Waals surface area contributed by atoms with Crippen molar-refractivity contribution in [1.29, 1.82) is 0 Å². The summed E-state index contributed by atoms with van der Waals surface area (Å²) in [5.74, 6) is 0.204. The molecule has 2 N–H and O–H groups in total. The monoisotopic (exact) mass is 191 g/mol.